The van der Waals surface area contributed by atoms with Crippen LogP contribution in [0.5, 0.6) is 5.88 Å². The maximum atomic E-state index is 10.8. The number of nitrogens with two attached hydrogens (primary N) is 1. The van der Waals surface area contributed by atoms with Crippen LogP contribution in [0.2, 0.25) is 0 Å². The van der Waals surface area contributed by atoms with Crippen LogP contribution in [0.3, 0.4) is 0 Å². The minimum atomic E-state index is -1.08. The molecule has 0 aliphatic heterocycles. The van der Waals surface area contributed by atoms with E-state index >= 15 is 0 Å². The second kappa shape index (κ2) is 5.02. The van der Waals surface area contributed by atoms with Crippen molar-refractivity contribution in [3.8, 4) is 5.88 Å². The Balaban J connectivity index is 2.66. The Hall–Kier alpha value is -2.48. The van der Waals surface area contributed by atoms with Crippen molar-refractivity contribution in [1.29, 1.82) is 0 Å². The van der Waals surface area contributed by atoms with Gasteiger partial charge in [-0.15, -0.1) is 10.2 Å². The molecule has 0 aliphatic rings. The number of carboxylic acid groups (broad SMARTS) is 1. The zero-order valence-corrected chi connectivity index (χ0v) is 10.5. The van der Waals surface area contributed by atoms with E-state index in [2.05, 4.69) is 22.4 Å². The molecule has 0 radical (unpaired) electrons. The fraction of sp³-hybridized carbons (Fsp3) is 0.0909. The van der Waals surface area contributed by atoms with Crippen molar-refractivity contribution in [2.24, 2.45) is 16.0 Å². The number of carbonyl (C=O) groups is 1. The predicted octanol–water partition coefficient (Wildman–Crippen LogP) is 1.76. The van der Waals surface area contributed by atoms with Crippen LogP contribution in [0.25, 0.3) is 10.9 Å². The summed E-state index contributed by atoms with van der Waals surface area (Å²) in [6.07, 6.45) is 0. The standard InChI is InChI=1S/C11H10N4O3S/c12-11(19)14-13-9-6-3-1-2-4-7(6)15(10(9)18)5-8(16)17/h1-4,18H,5H2,(H2,12,19)(H,16,17). The Bertz CT molecular complexity index is 693. The van der Waals surface area contributed by atoms with Crippen LogP contribution >= 0.6 is 12.2 Å². The lowest BCUT2D eigenvalue weighted by Crippen LogP contribution is -2.07. The number of thiocarbonyl (C=S) groups is 1. The molecule has 98 valence electrons. The van der Waals surface area contributed by atoms with Crippen LogP contribution in [0.1, 0.15) is 0 Å². The van der Waals surface area contributed by atoms with Crippen molar-refractivity contribution in [2.45, 2.75) is 6.54 Å². The molecule has 0 fully saturated rings. The van der Waals surface area contributed by atoms with E-state index in [-0.39, 0.29) is 23.2 Å². The average Bonchev–Trinajstić information content (AvgIpc) is 2.60. The van der Waals surface area contributed by atoms with E-state index in [1.165, 1.54) is 4.57 Å². The number of hydrogen-bond donors (Lipinski definition) is 3. The molecule has 2 rings (SSSR count). The molecule has 8 heteroatoms. The highest BCUT2D eigenvalue weighted by molar-refractivity contribution is 7.80. The summed E-state index contributed by atoms with van der Waals surface area (Å²) in [5, 5.41) is 26.6. The highest BCUT2D eigenvalue weighted by Crippen LogP contribution is 2.38. The van der Waals surface area contributed by atoms with E-state index < -0.39 is 5.97 Å². The van der Waals surface area contributed by atoms with Gasteiger partial charge in [0.25, 0.3) is 0 Å². The van der Waals surface area contributed by atoms with E-state index in [4.69, 9.17) is 10.8 Å². The molecule has 0 unspecified atom stereocenters. The fourth-order valence-electron chi connectivity index (χ4n) is 1.76. The first-order valence-electron chi connectivity index (χ1n) is 5.24. The summed E-state index contributed by atoms with van der Waals surface area (Å²) in [5.41, 5.74) is 5.89. The topological polar surface area (TPSA) is 113 Å². The molecule has 0 saturated carbocycles. The zero-order chi connectivity index (χ0) is 14.0. The van der Waals surface area contributed by atoms with Gasteiger partial charge < -0.3 is 15.9 Å². The van der Waals surface area contributed by atoms with Gasteiger partial charge in [-0.1, -0.05) is 18.2 Å². The number of rotatable bonds is 3. The Morgan fingerprint density at radius 1 is 1.42 bits per heavy atom. The van der Waals surface area contributed by atoms with E-state index in [1.807, 2.05) is 0 Å². The molecule has 0 atom stereocenters. The number of aromatic nitrogens is 1. The average molecular weight is 278 g/mol. The summed E-state index contributed by atoms with van der Waals surface area (Å²) < 4.78 is 1.23. The van der Waals surface area contributed by atoms with Gasteiger partial charge in [0.05, 0.1) is 5.52 Å². The third kappa shape index (κ3) is 2.52. The number of benzene rings is 1. The number of carboxylic acids is 1. The Kier molecular flexibility index (Phi) is 3.43. The molecule has 1 aromatic heterocycles. The smallest absolute Gasteiger partial charge is 0.323 e. The predicted molar refractivity (Wildman–Crippen MR) is 72.5 cm³/mol. The van der Waals surface area contributed by atoms with Crippen molar-refractivity contribution < 1.29 is 15.0 Å². The van der Waals surface area contributed by atoms with Crippen molar-refractivity contribution in [1.82, 2.24) is 4.57 Å². The molecule has 0 bridgehead atoms. The number of aromatic hydroxyl groups is 1. The van der Waals surface area contributed by atoms with Crippen LogP contribution in [0.4, 0.5) is 5.69 Å². The minimum absolute atomic E-state index is 0.143. The Morgan fingerprint density at radius 2 is 2.11 bits per heavy atom. The number of para-hydroxylation sites is 1. The molecule has 19 heavy (non-hydrogen) atoms. The van der Waals surface area contributed by atoms with Crippen LogP contribution in [-0.4, -0.2) is 25.9 Å². The van der Waals surface area contributed by atoms with E-state index in [9.17, 15) is 9.90 Å². The maximum absolute atomic E-state index is 10.8. The van der Waals surface area contributed by atoms with Crippen LogP contribution in [0.15, 0.2) is 34.5 Å². The first-order valence-corrected chi connectivity index (χ1v) is 5.64. The summed E-state index contributed by atoms with van der Waals surface area (Å²) in [4.78, 5) is 10.8. The van der Waals surface area contributed by atoms with Gasteiger partial charge in [-0.2, -0.15) is 0 Å². The Labute approximate surface area is 113 Å². The highest BCUT2D eigenvalue weighted by Gasteiger charge is 2.17. The molecular formula is C11H10N4O3S. The van der Waals surface area contributed by atoms with E-state index in [0.717, 1.165) is 0 Å². The summed E-state index contributed by atoms with van der Waals surface area (Å²) in [7, 11) is 0. The minimum Gasteiger partial charge on any atom is -0.493 e. The lowest BCUT2D eigenvalue weighted by molar-refractivity contribution is -0.137. The van der Waals surface area contributed by atoms with E-state index in [1.54, 1.807) is 24.3 Å². The highest BCUT2D eigenvalue weighted by atomic mass is 32.1. The second-order valence-electron chi connectivity index (χ2n) is 3.71. The number of fused-ring (bicyclic) bond motifs is 1. The van der Waals surface area contributed by atoms with Gasteiger partial charge in [-0.3, -0.25) is 9.36 Å². The maximum Gasteiger partial charge on any atom is 0.323 e. The lowest BCUT2D eigenvalue weighted by atomic mass is 10.2. The normalized spacial score (nSPS) is 11.2. The third-order valence-corrected chi connectivity index (χ3v) is 2.54. The first-order chi connectivity index (χ1) is 9.00. The van der Waals surface area contributed by atoms with Gasteiger partial charge in [0.2, 0.25) is 11.0 Å². The molecule has 1 aromatic carbocycles. The van der Waals surface area contributed by atoms with Gasteiger partial charge in [0.15, 0.2) is 5.69 Å². The molecule has 0 amide bonds. The van der Waals surface area contributed by atoms with Gasteiger partial charge >= 0.3 is 5.97 Å². The number of aliphatic carboxylic acids is 1. The molecule has 2 aromatic rings. The van der Waals surface area contributed by atoms with Crippen molar-refractivity contribution in [3.05, 3.63) is 24.3 Å². The molecule has 4 N–H and O–H groups in total. The quantitative estimate of drug-likeness (QED) is 0.584. The summed E-state index contributed by atoms with van der Waals surface area (Å²) in [5.74, 6) is -1.36. The SMILES string of the molecule is NC(=S)N=Nc1c(O)n(CC(=O)O)c2ccccc12. The summed E-state index contributed by atoms with van der Waals surface area (Å²) in [6, 6.07) is 6.85. The van der Waals surface area contributed by atoms with Crippen LogP contribution in [0, 0.1) is 0 Å². The van der Waals surface area contributed by atoms with E-state index in [0.29, 0.717) is 10.9 Å². The number of hydrogen-bond acceptors (Lipinski definition) is 4. The largest absolute Gasteiger partial charge is 0.493 e. The van der Waals surface area contributed by atoms with Gasteiger partial charge in [-0.25, -0.2) is 0 Å². The Morgan fingerprint density at radius 3 is 2.74 bits per heavy atom. The molecular weight excluding hydrogens is 268 g/mol. The van der Waals surface area contributed by atoms with Crippen molar-refractivity contribution in [3.63, 3.8) is 0 Å². The monoisotopic (exact) mass is 278 g/mol. The molecule has 0 spiro atoms. The summed E-state index contributed by atoms with van der Waals surface area (Å²) in [6.45, 7) is -0.380. The van der Waals surface area contributed by atoms with Gasteiger partial charge in [-0.05, 0) is 18.3 Å². The lowest BCUT2D eigenvalue weighted by Gasteiger charge is -2.02. The first kappa shape index (κ1) is 13.0. The second-order valence-corrected chi connectivity index (χ2v) is 4.13. The molecule has 0 aliphatic carbocycles. The van der Waals surface area contributed by atoms with Crippen molar-refractivity contribution in [2.75, 3.05) is 0 Å². The van der Waals surface area contributed by atoms with Gasteiger partial charge in [0, 0.05) is 5.39 Å². The van der Waals surface area contributed by atoms with Gasteiger partial charge in [0.1, 0.15) is 6.54 Å². The number of nitrogens with zero attached hydrogens (tertiary/aromatic N) is 3. The van der Waals surface area contributed by atoms with Crippen molar-refractivity contribution >= 4 is 39.9 Å². The van der Waals surface area contributed by atoms with Crippen LogP contribution < -0.4 is 5.73 Å². The molecule has 7 nitrogen and oxygen atoms in total. The zero-order valence-electron chi connectivity index (χ0n) is 9.65. The molecule has 0 saturated heterocycles. The number of azo groups is 1. The third-order valence-electron chi connectivity index (χ3n) is 2.46. The molecule has 1 heterocycles. The fourth-order valence-corrected chi connectivity index (χ4v) is 1.81. The van der Waals surface area contributed by atoms with Crippen LogP contribution in [-0.2, 0) is 11.3 Å². The summed E-state index contributed by atoms with van der Waals surface area (Å²) >= 11 is 4.57.